The maximum atomic E-state index is 11.5. The Balaban J connectivity index is 2.07. The molecule has 0 radical (unpaired) electrons. The van der Waals surface area contributed by atoms with Gasteiger partial charge in [-0.25, -0.2) is 4.79 Å². The van der Waals surface area contributed by atoms with Gasteiger partial charge in [-0.05, 0) is 12.5 Å². The number of carboxylic acids is 1. The van der Waals surface area contributed by atoms with Gasteiger partial charge in [-0.3, -0.25) is 0 Å². The molecule has 1 saturated heterocycles. The highest BCUT2D eigenvalue weighted by Gasteiger charge is 2.28. The molecule has 1 N–H and O–H groups in total. The van der Waals surface area contributed by atoms with E-state index in [9.17, 15) is 9.90 Å². The predicted octanol–water partition coefficient (Wildman–Crippen LogP) is 1.80. The second-order valence-corrected chi connectivity index (χ2v) is 5.28. The summed E-state index contributed by atoms with van der Waals surface area (Å²) in [6, 6.07) is 7.51. The number of rotatable bonds is 4. The summed E-state index contributed by atoms with van der Waals surface area (Å²) in [5.74, 6) is -0.623. The first kappa shape index (κ1) is 13.8. The molecule has 1 atom stereocenters. The van der Waals surface area contributed by atoms with Gasteiger partial charge in [0.2, 0.25) is 0 Å². The number of fused-ring (bicyclic) bond motifs is 1. The van der Waals surface area contributed by atoms with Crippen LogP contribution in [0.25, 0.3) is 10.9 Å². The molecule has 2 heterocycles. The SMILES string of the molecule is COCC1CCN(c2c(C(=O)O)nnc3ccccc23)C1. The Morgan fingerprint density at radius 1 is 1.43 bits per heavy atom. The summed E-state index contributed by atoms with van der Waals surface area (Å²) in [7, 11) is 1.69. The van der Waals surface area contributed by atoms with Gasteiger partial charge in [0.15, 0.2) is 5.69 Å². The van der Waals surface area contributed by atoms with E-state index in [-0.39, 0.29) is 5.69 Å². The third kappa shape index (κ3) is 2.54. The zero-order valence-corrected chi connectivity index (χ0v) is 11.8. The Labute approximate surface area is 122 Å². The van der Waals surface area contributed by atoms with Crippen LogP contribution in [0.2, 0.25) is 0 Å². The van der Waals surface area contributed by atoms with Crippen molar-refractivity contribution in [2.24, 2.45) is 5.92 Å². The van der Waals surface area contributed by atoms with E-state index >= 15 is 0 Å². The molecule has 0 spiro atoms. The van der Waals surface area contributed by atoms with E-state index in [1.54, 1.807) is 7.11 Å². The number of hydrogen-bond acceptors (Lipinski definition) is 5. The Kier molecular flexibility index (Phi) is 3.70. The molecule has 6 nitrogen and oxygen atoms in total. The van der Waals surface area contributed by atoms with E-state index < -0.39 is 5.97 Å². The van der Waals surface area contributed by atoms with Crippen LogP contribution in [0.5, 0.6) is 0 Å². The Morgan fingerprint density at radius 3 is 3.00 bits per heavy atom. The van der Waals surface area contributed by atoms with Crippen LogP contribution in [-0.4, -0.2) is 48.1 Å². The minimum absolute atomic E-state index is 0.0202. The fraction of sp³-hybridized carbons (Fsp3) is 0.400. The minimum atomic E-state index is -1.04. The molecule has 0 aliphatic carbocycles. The summed E-state index contributed by atoms with van der Waals surface area (Å²) in [5, 5.41) is 18.1. The summed E-state index contributed by atoms with van der Waals surface area (Å²) >= 11 is 0. The molecule has 0 amide bonds. The van der Waals surface area contributed by atoms with Crippen LogP contribution >= 0.6 is 0 Å². The largest absolute Gasteiger partial charge is 0.476 e. The lowest BCUT2D eigenvalue weighted by Gasteiger charge is -2.21. The van der Waals surface area contributed by atoms with Gasteiger partial charge in [-0.1, -0.05) is 18.2 Å². The number of aromatic nitrogens is 2. The number of anilines is 1. The molecule has 21 heavy (non-hydrogen) atoms. The summed E-state index contributed by atoms with van der Waals surface area (Å²) in [4.78, 5) is 13.6. The number of carbonyl (C=O) groups is 1. The van der Waals surface area contributed by atoms with Crippen molar-refractivity contribution in [1.82, 2.24) is 10.2 Å². The third-order valence-corrected chi connectivity index (χ3v) is 3.85. The normalized spacial score (nSPS) is 18.3. The number of benzene rings is 1. The van der Waals surface area contributed by atoms with Crippen molar-refractivity contribution < 1.29 is 14.6 Å². The van der Waals surface area contributed by atoms with Crippen molar-refractivity contribution in [3.05, 3.63) is 30.0 Å². The number of hydrogen-bond donors (Lipinski definition) is 1. The zero-order chi connectivity index (χ0) is 14.8. The Hall–Kier alpha value is -2.21. The van der Waals surface area contributed by atoms with Gasteiger partial charge in [0.1, 0.15) is 0 Å². The standard InChI is InChI=1S/C15H17N3O3/c1-21-9-10-6-7-18(8-10)14-11-4-2-3-5-12(11)16-17-13(14)15(19)20/h2-5,10H,6-9H2,1H3,(H,19,20). The second kappa shape index (κ2) is 5.65. The van der Waals surface area contributed by atoms with Crippen molar-refractivity contribution in [3.63, 3.8) is 0 Å². The number of aromatic carboxylic acids is 1. The molecule has 1 unspecified atom stereocenters. The molecule has 2 aromatic rings. The molecule has 1 fully saturated rings. The maximum Gasteiger partial charge on any atom is 0.358 e. The van der Waals surface area contributed by atoms with Crippen molar-refractivity contribution in [3.8, 4) is 0 Å². The van der Waals surface area contributed by atoms with Crippen LogP contribution < -0.4 is 4.90 Å². The van der Waals surface area contributed by atoms with E-state index in [0.717, 1.165) is 24.9 Å². The van der Waals surface area contributed by atoms with Gasteiger partial charge < -0.3 is 14.7 Å². The first-order chi connectivity index (χ1) is 10.2. The van der Waals surface area contributed by atoms with Crippen LogP contribution in [-0.2, 0) is 4.74 Å². The molecule has 6 heteroatoms. The number of nitrogens with zero attached hydrogens (tertiary/aromatic N) is 3. The maximum absolute atomic E-state index is 11.5. The summed E-state index contributed by atoms with van der Waals surface area (Å²) in [6.45, 7) is 2.28. The first-order valence-electron chi connectivity index (χ1n) is 6.93. The lowest BCUT2D eigenvalue weighted by Crippen LogP contribution is -2.24. The number of methoxy groups -OCH3 is 1. The van der Waals surface area contributed by atoms with Crippen molar-refractivity contribution in [2.75, 3.05) is 31.7 Å². The highest BCUT2D eigenvalue weighted by molar-refractivity contribution is 6.02. The van der Waals surface area contributed by atoms with Gasteiger partial charge in [-0.2, -0.15) is 0 Å². The van der Waals surface area contributed by atoms with Crippen LogP contribution in [0.3, 0.4) is 0 Å². The molecular weight excluding hydrogens is 270 g/mol. The molecule has 110 valence electrons. The van der Waals surface area contributed by atoms with E-state index in [2.05, 4.69) is 15.1 Å². The lowest BCUT2D eigenvalue weighted by molar-refractivity contribution is 0.0690. The minimum Gasteiger partial charge on any atom is -0.476 e. The molecule has 1 aliphatic heterocycles. The number of ether oxygens (including phenoxy) is 1. The van der Waals surface area contributed by atoms with Crippen LogP contribution in [0.15, 0.2) is 24.3 Å². The van der Waals surface area contributed by atoms with E-state index in [1.807, 2.05) is 24.3 Å². The third-order valence-electron chi connectivity index (χ3n) is 3.85. The van der Waals surface area contributed by atoms with Crippen LogP contribution in [0.4, 0.5) is 5.69 Å². The average molecular weight is 287 g/mol. The highest BCUT2D eigenvalue weighted by atomic mass is 16.5. The van der Waals surface area contributed by atoms with E-state index in [4.69, 9.17) is 4.74 Å². The fourth-order valence-electron chi connectivity index (χ4n) is 2.91. The van der Waals surface area contributed by atoms with Crippen molar-refractivity contribution in [2.45, 2.75) is 6.42 Å². The zero-order valence-electron chi connectivity index (χ0n) is 11.8. The Bertz CT molecular complexity index is 674. The van der Waals surface area contributed by atoms with E-state index in [0.29, 0.717) is 23.7 Å². The smallest absolute Gasteiger partial charge is 0.358 e. The monoisotopic (exact) mass is 287 g/mol. The van der Waals surface area contributed by atoms with Crippen molar-refractivity contribution >= 4 is 22.6 Å². The molecule has 0 bridgehead atoms. The summed E-state index contributed by atoms with van der Waals surface area (Å²) < 4.78 is 5.20. The van der Waals surface area contributed by atoms with Gasteiger partial charge >= 0.3 is 5.97 Å². The topological polar surface area (TPSA) is 75.5 Å². The molecule has 1 aliphatic rings. The molecule has 3 rings (SSSR count). The van der Waals surface area contributed by atoms with Gasteiger partial charge in [0, 0.05) is 31.5 Å². The van der Waals surface area contributed by atoms with Gasteiger partial charge in [0.05, 0.1) is 17.8 Å². The average Bonchev–Trinajstić information content (AvgIpc) is 2.94. The van der Waals surface area contributed by atoms with Crippen LogP contribution in [0.1, 0.15) is 16.9 Å². The lowest BCUT2D eigenvalue weighted by atomic mass is 10.1. The summed E-state index contributed by atoms with van der Waals surface area (Å²) in [5.41, 5.74) is 1.41. The molecule has 1 aromatic heterocycles. The van der Waals surface area contributed by atoms with Gasteiger partial charge in [-0.15, -0.1) is 10.2 Å². The van der Waals surface area contributed by atoms with E-state index in [1.165, 1.54) is 0 Å². The highest BCUT2D eigenvalue weighted by Crippen LogP contribution is 2.32. The Morgan fingerprint density at radius 2 is 2.24 bits per heavy atom. The first-order valence-corrected chi connectivity index (χ1v) is 6.93. The number of carboxylic acid groups (broad SMARTS) is 1. The quantitative estimate of drug-likeness (QED) is 0.924. The fourth-order valence-corrected chi connectivity index (χ4v) is 2.91. The molecule has 0 saturated carbocycles. The van der Waals surface area contributed by atoms with Gasteiger partial charge in [0.25, 0.3) is 0 Å². The summed E-state index contributed by atoms with van der Waals surface area (Å²) in [6.07, 6.45) is 0.990. The second-order valence-electron chi connectivity index (χ2n) is 5.28. The predicted molar refractivity (Wildman–Crippen MR) is 78.7 cm³/mol. The van der Waals surface area contributed by atoms with Crippen molar-refractivity contribution in [1.29, 1.82) is 0 Å². The molecular formula is C15H17N3O3. The van der Waals surface area contributed by atoms with Crippen LogP contribution in [0, 0.1) is 5.92 Å². The molecule has 1 aromatic carbocycles.